The normalized spacial score (nSPS) is 9.97. The maximum Gasteiger partial charge on any atom is 0.123 e. The molecule has 0 saturated carbocycles. The van der Waals surface area contributed by atoms with Crippen molar-refractivity contribution >= 4 is 10.8 Å². The summed E-state index contributed by atoms with van der Waals surface area (Å²) < 4.78 is 13.3. The highest BCUT2D eigenvalue weighted by Crippen LogP contribution is 2.17. The Morgan fingerprint density at radius 1 is 0.613 bits per heavy atom. The van der Waals surface area contributed by atoms with Crippen molar-refractivity contribution in [3.63, 3.8) is 0 Å². The zero-order valence-corrected chi connectivity index (χ0v) is 17.2. The van der Waals surface area contributed by atoms with E-state index in [1.807, 2.05) is 48.5 Å². The number of hydrogen-bond acceptors (Lipinski definition) is 0. The molecule has 148 valence electrons. The van der Waals surface area contributed by atoms with Crippen LogP contribution in [0.5, 0.6) is 0 Å². The van der Waals surface area contributed by atoms with E-state index in [-0.39, 0.29) is 5.82 Å². The second-order valence-electron chi connectivity index (χ2n) is 7.31. The zero-order valence-electron chi connectivity index (χ0n) is 17.2. The van der Waals surface area contributed by atoms with Crippen LogP contribution >= 0.6 is 0 Å². The van der Waals surface area contributed by atoms with Crippen LogP contribution in [0.4, 0.5) is 4.39 Å². The molecular formula is C30H21F. The monoisotopic (exact) mass is 400 g/mol. The lowest BCUT2D eigenvalue weighted by Gasteiger charge is -1.99. The predicted molar refractivity (Wildman–Crippen MR) is 127 cm³/mol. The number of hydrogen-bond donors (Lipinski definition) is 0. The molecule has 0 radical (unpaired) electrons. The van der Waals surface area contributed by atoms with Crippen molar-refractivity contribution in [1.82, 2.24) is 0 Å². The first-order valence-electron chi connectivity index (χ1n) is 10.2. The van der Waals surface area contributed by atoms with E-state index in [0.29, 0.717) is 0 Å². The van der Waals surface area contributed by atoms with Gasteiger partial charge in [-0.25, -0.2) is 4.39 Å². The van der Waals surface area contributed by atoms with E-state index in [2.05, 4.69) is 54.5 Å². The van der Waals surface area contributed by atoms with Crippen LogP contribution in [-0.4, -0.2) is 0 Å². The lowest BCUT2D eigenvalue weighted by atomic mass is 10.1. The fraction of sp³-hybridized carbons (Fsp3) is 0.0667. The van der Waals surface area contributed by atoms with Gasteiger partial charge < -0.3 is 0 Å². The molecule has 0 aliphatic rings. The van der Waals surface area contributed by atoms with E-state index in [1.54, 1.807) is 6.07 Å². The minimum absolute atomic E-state index is 0.227. The second kappa shape index (κ2) is 9.62. The molecule has 4 aromatic carbocycles. The largest absolute Gasteiger partial charge is 0.207 e. The summed E-state index contributed by atoms with van der Waals surface area (Å²) in [4.78, 5) is 0. The van der Waals surface area contributed by atoms with Crippen molar-refractivity contribution in [1.29, 1.82) is 0 Å². The highest BCUT2D eigenvalue weighted by molar-refractivity contribution is 5.84. The number of aryl methyl sites for hydroxylation is 1. The third-order valence-electron chi connectivity index (χ3n) is 4.98. The highest BCUT2D eigenvalue weighted by Gasteiger charge is 1.97. The van der Waals surface area contributed by atoms with Crippen LogP contribution in [0.15, 0.2) is 97.6 Å². The van der Waals surface area contributed by atoms with Gasteiger partial charge in [-0.15, -0.1) is 6.58 Å². The van der Waals surface area contributed by atoms with Crippen LogP contribution in [0.1, 0.15) is 34.2 Å². The van der Waals surface area contributed by atoms with E-state index in [4.69, 9.17) is 0 Å². The summed E-state index contributed by atoms with van der Waals surface area (Å²) in [5, 5.41) is 1.85. The van der Waals surface area contributed by atoms with Gasteiger partial charge in [0.05, 0.1) is 0 Å². The van der Waals surface area contributed by atoms with Crippen LogP contribution < -0.4 is 0 Å². The molecule has 0 atom stereocenters. The van der Waals surface area contributed by atoms with Crippen molar-refractivity contribution in [3.8, 4) is 23.7 Å². The van der Waals surface area contributed by atoms with Gasteiger partial charge in [0.1, 0.15) is 5.82 Å². The summed E-state index contributed by atoms with van der Waals surface area (Å²) in [7, 11) is 0. The highest BCUT2D eigenvalue weighted by atomic mass is 19.1. The van der Waals surface area contributed by atoms with Gasteiger partial charge in [0, 0.05) is 22.3 Å². The summed E-state index contributed by atoms with van der Waals surface area (Å²) in [6.07, 6.45) is 3.93. The van der Waals surface area contributed by atoms with Crippen molar-refractivity contribution < 1.29 is 4.39 Å². The van der Waals surface area contributed by atoms with Gasteiger partial charge in [0.25, 0.3) is 0 Å². The van der Waals surface area contributed by atoms with Crippen molar-refractivity contribution in [2.75, 3.05) is 0 Å². The SMILES string of the molecule is C=CCCc1ccc(C#Cc2ccc(C#Cc3ccc4cc(F)ccc4c3)cc2)cc1. The molecule has 4 rings (SSSR count). The molecule has 0 fully saturated rings. The Morgan fingerprint density at radius 3 is 1.71 bits per heavy atom. The Kier molecular flexibility index (Phi) is 6.27. The molecule has 0 aliphatic carbocycles. The smallest absolute Gasteiger partial charge is 0.123 e. The molecule has 0 aliphatic heterocycles. The molecule has 1 heteroatoms. The van der Waals surface area contributed by atoms with Crippen molar-refractivity contribution in [3.05, 3.63) is 131 Å². The topological polar surface area (TPSA) is 0 Å². The third-order valence-corrected chi connectivity index (χ3v) is 4.98. The Morgan fingerprint density at radius 2 is 1.10 bits per heavy atom. The number of fused-ring (bicyclic) bond motifs is 1. The fourth-order valence-electron chi connectivity index (χ4n) is 3.24. The summed E-state index contributed by atoms with van der Waals surface area (Å²) in [6.45, 7) is 3.76. The van der Waals surface area contributed by atoms with Gasteiger partial charge in [-0.3, -0.25) is 0 Å². The van der Waals surface area contributed by atoms with Gasteiger partial charge in [-0.2, -0.15) is 0 Å². The van der Waals surface area contributed by atoms with Crippen LogP contribution in [0.3, 0.4) is 0 Å². The molecule has 31 heavy (non-hydrogen) atoms. The first kappa shape index (κ1) is 20.2. The molecule has 4 aromatic rings. The summed E-state index contributed by atoms with van der Waals surface area (Å²) in [5.74, 6) is 12.5. The average molecular weight is 400 g/mol. The number of rotatable bonds is 3. The van der Waals surface area contributed by atoms with Crippen LogP contribution in [0, 0.1) is 29.5 Å². The van der Waals surface area contributed by atoms with Gasteiger partial charge in [0.2, 0.25) is 0 Å². The lowest BCUT2D eigenvalue weighted by Crippen LogP contribution is -1.84. The Balaban J connectivity index is 1.44. The van der Waals surface area contributed by atoms with Gasteiger partial charge in [-0.1, -0.05) is 54.0 Å². The van der Waals surface area contributed by atoms with Crippen molar-refractivity contribution in [2.24, 2.45) is 0 Å². The van der Waals surface area contributed by atoms with E-state index in [9.17, 15) is 4.39 Å². The molecule has 0 unspecified atom stereocenters. The fourth-order valence-corrected chi connectivity index (χ4v) is 3.24. The first-order chi connectivity index (χ1) is 15.2. The van der Waals surface area contributed by atoms with Crippen LogP contribution in [0.2, 0.25) is 0 Å². The average Bonchev–Trinajstić information content (AvgIpc) is 2.81. The first-order valence-corrected chi connectivity index (χ1v) is 10.2. The minimum Gasteiger partial charge on any atom is -0.207 e. The Hall–Kier alpha value is -4.07. The molecule has 0 nitrogen and oxygen atoms in total. The van der Waals surface area contributed by atoms with Gasteiger partial charge in [-0.05, 0) is 89.8 Å². The number of halogens is 1. The summed E-state index contributed by atoms with van der Waals surface area (Å²) >= 11 is 0. The molecule has 0 saturated heterocycles. The molecule has 0 amide bonds. The van der Waals surface area contributed by atoms with Crippen LogP contribution in [-0.2, 0) is 6.42 Å². The third kappa shape index (κ3) is 5.51. The standard InChI is InChI=1S/C30H21F/c1-2-3-4-23-5-7-24(8-6-23)9-10-25-11-13-26(14-12-25)15-16-27-17-18-29-22-30(31)20-19-28(29)21-27/h2,5-8,11-14,17-22H,1,3-4H2. The van der Waals surface area contributed by atoms with Gasteiger partial charge >= 0.3 is 0 Å². The molecule has 0 aromatic heterocycles. The quantitative estimate of drug-likeness (QED) is 0.259. The summed E-state index contributed by atoms with van der Waals surface area (Å²) in [6, 6.07) is 26.8. The molecular weight excluding hydrogens is 379 g/mol. The lowest BCUT2D eigenvalue weighted by molar-refractivity contribution is 0.630. The molecule has 0 N–H and O–H groups in total. The predicted octanol–water partition coefficient (Wildman–Crippen LogP) is 6.90. The molecule has 0 heterocycles. The van der Waals surface area contributed by atoms with E-state index >= 15 is 0 Å². The maximum atomic E-state index is 13.3. The number of allylic oxidation sites excluding steroid dienone is 1. The summed E-state index contributed by atoms with van der Waals surface area (Å²) in [5.41, 5.74) is 5.08. The van der Waals surface area contributed by atoms with E-state index in [1.165, 1.54) is 17.7 Å². The molecule has 0 spiro atoms. The Labute approximate surface area is 183 Å². The van der Waals surface area contributed by atoms with E-state index < -0.39 is 0 Å². The maximum absolute atomic E-state index is 13.3. The number of benzene rings is 4. The van der Waals surface area contributed by atoms with Gasteiger partial charge in [0.15, 0.2) is 0 Å². The van der Waals surface area contributed by atoms with Crippen LogP contribution in [0.25, 0.3) is 10.8 Å². The minimum atomic E-state index is -0.227. The van der Waals surface area contributed by atoms with Crippen molar-refractivity contribution in [2.45, 2.75) is 12.8 Å². The Bertz CT molecular complexity index is 1340. The zero-order chi connectivity index (χ0) is 21.5. The van der Waals surface area contributed by atoms with E-state index in [0.717, 1.165) is 45.9 Å². The second-order valence-corrected chi connectivity index (χ2v) is 7.31. The molecule has 0 bridgehead atoms.